The Kier molecular flexibility index (Phi) is 8.21. The van der Waals surface area contributed by atoms with Gasteiger partial charge in [-0.15, -0.1) is 0 Å². The molecular formula is C22H12Br2Cl2N2O4S. The smallest absolute Gasteiger partial charge is 0.339 e. The summed E-state index contributed by atoms with van der Waals surface area (Å²) in [4.78, 5) is 12.4. The zero-order valence-electron chi connectivity index (χ0n) is 16.4. The Morgan fingerprint density at radius 2 is 1.48 bits per heavy atom. The maximum Gasteiger partial charge on any atom is 0.339 e. The number of hydrogen-bond donors (Lipinski definition) is 1. The first kappa shape index (κ1) is 25.3. The zero-order chi connectivity index (χ0) is 24.2. The van der Waals surface area contributed by atoms with Crippen molar-refractivity contribution in [2.75, 3.05) is 5.32 Å². The van der Waals surface area contributed by atoms with Gasteiger partial charge in [0, 0.05) is 15.7 Å². The summed E-state index contributed by atoms with van der Waals surface area (Å²) in [5.41, 5.74) is 0.767. The van der Waals surface area contributed by atoms with Gasteiger partial charge in [0.05, 0.1) is 8.95 Å². The third kappa shape index (κ3) is 6.59. The van der Waals surface area contributed by atoms with E-state index in [0.717, 1.165) is 0 Å². The highest BCUT2D eigenvalue weighted by atomic mass is 79.9. The molecule has 1 N–H and O–H groups in total. The molecular weight excluding hydrogens is 619 g/mol. The van der Waals surface area contributed by atoms with E-state index in [4.69, 9.17) is 27.4 Å². The van der Waals surface area contributed by atoms with E-state index in [1.165, 1.54) is 42.5 Å². The van der Waals surface area contributed by atoms with E-state index in [1.807, 2.05) is 6.07 Å². The summed E-state index contributed by atoms with van der Waals surface area (Å²) in [6, 6.07) is 16.9. The highest BCUT2D eigenvalue weighted by Gasteiger charge is 2.21. The van der Waals surface area contributed by atoms with Crippen LogP contribution in [0.1, 0.15) is 5.56 Å². The lowest BCUT2D eigenvalue weighted by molar-refractivity contribution is -0.112. The Morgan fingerprint density at radius 1 is 0.970 bits per heavy atom. The molecule has 0 aliphatic carbocycles. The minimum Gasteiger partial charge on any atom is -0.377 e. The first-order valence-electron chi connectivity index (χ1n) is 8.97. The van der Waals surface area contributed by atoms with Crippen LogP contribution in [0.25, 0.3) is 6.08 Å². The second-order valence-corrected chi connectivity index (χ2v) is 10.6. The van der Waals surface area contributed by atoms with Crippen LogP contribution < -0.4 is 9.50 Å². The van der Waals surface area contributed by atoms with Gasteiger partial charge in [0.25, 0.3) is 5.91 Å². The van der Waals surface area contributed by atoms with E-state index in [2.05, 4.69) is 37.2 Å². The molecule has 0 unspecified atom stereocenters. The first-order chi connectivity index (χ1) is 15.6. The van der Waals surface area contributed by atoms with Gasteiger partial charge in [-0.2, -0.15) is 13.7 Å². The van der Waals surface area contributed by atoms with Crippen LogP contribution in [-0.2, 0) is 14.9 Å². The van der Waals surface area contributed by atoms with Crippen LogP contribution in [0.2, 0.25) is 10.0 Å². The van der Waals surface area contributed by atoms with Crippen molar-refractivity contribution in [1.29, 1.82) is 5.26 Å². The molecule has 6 nitrogen and oxygen atoms in total. The highest BCUT2D eigenvalue weighted by molar-refractivity contribution is 9.11. The predicted molar refractivity (Wildman–Crippen MR) is 135 cm³/mol. The summed E-state index contributed by atoms with van der Waals surface area (Å²) in [5.74, 6) is -0.607. The molecule has 1 amide bonds. The topological polar surface area (TPSA) is 96.3 Å². The number of benzene rings is 3. The molecule has 0 saturated heterocycles. The molecule has 0 fully saturated rings. The number of carbonyl (C=O) groups is 1. The highest BCUT2D eigenvalue weighted by Crippen LogP contribution is 2.37. The number of amides is 1. The molecule has 168 valence electrons. The van der Waals surface area contributed by atoms with Crippen LogP contribution in [0.4, 0.5) is 5.69 Å². The Morgan fingerprint density at radius 3 is 2.00 bits per heavy atom. The fourth-order valence-corrected chi connectivity index (χ4v) is 5.36. The Balaban J connectivity index is 1.85. The van der Waals surface area contributed by atoms with Crippen molar-refractivity contribution in [2.24, 2.45) is 0 Å². The maximum atomic E-state index is 12.6. The standard InChI is InChI=1S/C22H12Br2Cl2N2O4S/c23-19-10-13(9-14(12-27)22(29)28-17-5-1-15(25)2-6-17)11-20(24)21(19)32-33(30,31)18-7-3-16(26)4-8-18/h1-11H,(H,28,29)/b14-9+. The average Bonchev–Trinajstić information content (AvgIpc) is 2.76. The molecule has 0 saturated carbocycles. The quantitative estimate of drug-likeness (QED) is 0.183. The van der Waals surface area contributed by atoms with Crippen LogP contribution in [0.3, 0.4) is 0 Å². The van der Waals surface area contributed by atoms with Gasteiger partial charge < -0.3 is 9.50 Å². The van der Waals surface area contributed by atoms with Crippen LogP contribution in [0, 0.1) is 11.3 Å². The van der Waals surface area contributed by atoms with Crippen molar-refractivity contribution < 1.29 is 17.4 Å². The molecule has 0 atom stereocenters. The molecule has 0 aliphatic rings. The maximum absolute atomic E-state index is 12.6. The normalized spacial score (nSPS) is 11.5. The monoisotopic (exact) mass is 628 g/mol. The molecule has 3 aromatic carbocycles. The molecule has 0 radical (unpaired) electrons. The second-order valence-electron chi connectivity index (χ2n) is 6.44. The molecule has 0 heterocycles. The minimum absolute atomic E-state index is 0.00576. The Labute approximate surface area is 217 Å². The van der Waals surface area contributed by atoms with Crippen molar-refractivity contribution in [2.45, 2.75) is 4.90 Å². The van der Waals surface area contributed by atoms with Crippen LogP contribution in [-0.4, -0.2) is 14.3 Å². The predicted octanol–water partition coefficient (Wildman–Crippen LogP) is 6.83. The zero-order valence-corrected chi connectivity index (χ0v) is 21.9. The molecule has 0 aliphatic heterocycles. The largest absolute Gasteiger partial charge is 0.377 e. The summed E-state index contributed by atoms with van der Waals surface area (Å²) in [7, 11) is -4.13. The van der Waals surface area contributed by atoms with Gasteiger partial charge in [-0.25, -0.2) is 0 Å². The van der Waals surface area contributed by atoms with E-state index in [1.54, 1.807) is 24.3 Å². The summed E-state index contributed by atoms with van der Waals surface area (Å²) in [6.45, 7) is 0. The molecule has 33 heavy (non-hydrogen) atoms. The van der Waals surface area contributed by atoms with Crippen molar-refractivity contribution >= 4 is 82.9 Å². The molecule has 0 spiro atoms. The lowest BCUT2D eigenvalue weighted by Gasteiger charge is -2.12. The number of hydrogen-bond acceptors (Lipinski definition) is 5. The van der Waals surface area contributed by atoms with Crippen LogP contribution in [0.5, 0.6) is 5.75 Å². The van der Waals surface area contributed by atoms with Gasteiger partial charge in [-0.3, -0.25) is 4.79 Å². The minimum atomic E-state index is -4.13. The van der Waals surface area contributed by atoms with Crippen LogP contribution >= 0.6 is 55.1 Å². The van der Waals surface area contributed by atoms with Gasteiger partial charge in [0.15, 0.2) is 5.75 Å². The number of rotatable bonds is 6. The van der Waals surface area contributed by atoms with Crippen molar-refractivity contribution in [3.05, 3.63) is 90.8 Å². The molecule has 3 aromatic rings. The van der Waals surface area contributed by atoms with E-state index in [9.17, 15) is 18.5 Å². The van der Waals surface area contributed by atoms with Crippen molar-refractivity contribution in [3.8, 4) is 11.8 Å². The van der Waals surface area contributed by atoms with Crippen molar-refractivity contribution in [1.82, 2.24) is 0 Å². The summed E-state index contributed by atoms with van der Waals surface area (Å²) in [6.07, 6.45) is 1.36. The fraction of sp³-hybridized carbons (Fsp3) is 0. The number of nitriles is 1. The number of nitrogens with one attached hydrogen (secondary N) is 1. The van der Waals surface area contributed by atoms with Gasteiger partial charge in [0.1, 0.15) is 16.5 Å². The number of nitrogens with zero attached hydrogens (tertiary/aromatic N) is 1. The van der Waals surface area contributed by atoms with E-state index in [0.29, 0.717) is 21.3 Å². The molecule has 0 bridgehead atoms. The lowest BCUT2D eigenvalue weighted by Crippen LogP contribution is -2.13. The van der Waals surface area contributed by atoms with E-state index < -0.39 is 16.0 Å². The molecule has 11 heteroatoms. The number of halogens is 4. The van der Waals surface area contributed by atoms with Gasteiger partial charge >= 0.3 is 10.1 Å². The van der Waals surface area contributed by atoms with Gasteiger partial charge in [-0.1, -0.05) is 23.2 Å². The third-order valence-electron chi connectivity index (χ3n) is 4.09. The Bertz CT molecular complexity index is 1360. The lowest BCUT2D eigenvalue weighted by atomic mass is 10.1. The fourth-order valence-electron chi connectivity index (χ4n) is 2.55. The van der Waals surface area contributed by atoms with Crippen LogP contribution in [0.15, 0.2) is 80.1 Å². The summed E-state index contributed by atoms with van der Waals surface area (Å²) in [5, 5.41) is 12.9. The summed E-state index contributed by atoms with van der Waals surface area (Å²) >= 11 is 18.2. The van der Waals surface area contributed by atoms with Gasteiger partial charge in [-0.05, 0) is 104 Å². The van der Waals surface area contributed by atoms with E-state index in [-0.39, 0.29) is 25.2 Å². The van der Waals surface area contributed by atoms with E-state index >= 15 is 0 Å². The summed E-state index contributed by atoms with van der Waals surface area (Å²) < 4.78 is 31.0. The molecule has 3 rings (SSSR count). The third-order valence-corrected chi connectivity index (χ3v) is 7.01. The van der Waals surface area contributed by atoms with Gasteiger partial charge in [0.2, 0.25) is 0 Å². The number of carbonyl (C=O) groups excluding carboxylic acids is 1. The average molecular weight is 631 g/mol. The molecule has 0 aromatic heterocycles. The Hall–Kier alpha value is -2.35. The SMILES string of the molecule is N#C/C(=C\c1cc(Br)c(OS(=O)(=O)c2ccc(Cl)cc2)c(Br)c1)C(=O)Nc1ccc(Cl)cc1. The number of anilines is 1. The second kappa shape index (κ2) is 10.7. The first-order valence-corrected chi connectivity index (χ1v) is 12.7. The van der Waals surface area contributed by atoms with Crippen molar-refractivity contribution in [3.63, 3.8) is 0 Å².